The molecule has 154 valence electrons. The summed E-state index contributed by atoms with van der Waals surface area (Å²) >= 11 is 0. The first-order valence-electron chi connectivity index (χ1n) is 9.63. The molecule has 0 aliphatic carbocycles. The molecule has 7 heteroatoms. The van der Waals surface area contributed by atoms with Crippen LogP contribution in [0, 0.1) is 5.82 Å². The van der Waals surface area contributed by atoms with E-state index in [1.807, 2.05) is 12.1 Å². The normalized spacial score (nSPS) is 15.5. The van der Waals surface area contributed by atoms with Gasteiger partial charge in [-0.2, -0.15) is 0 Å². The molecule has 0 bridgehead atoms. The van der Waals surface area contributed by atoms with Crippen molar-refractivity contribution in [3.8, 4) is 0 Å². The number of nitrogens with one attached hydrogen (secondary N) is 1. The van der Waals surface area contributed by atoms with E-state index in [0.29, 0.717) is 5.56 Å². The van der Waals surface area contributed by atoms with Gasteiger partial charge < -0.3 is 14.8 Å². The molecule has 0 saturated carbocycles. The Morgan fingerprint density at radius 3 is 2.34 bits per heavy atom. The highest BCUT2D eigenvalue weighted by molar-refractivity contribution is 5.92. The van der Waals surface area contributed by atoms with Crippen LogP contribution in [-0.2, 0) is 27.4 Å². The van der Waals surface area contributed by atoms with Crippen LogP contribution in [0.5, 0.6) is 0 Å². The number of esters is 1. The van der Waals surface area contributed by atoms with Gasteiger partial charge in [-0.05, 0) is 42.3 Å². The maximum absolute atomic E-state index is 12.9. The monoisotopic (exact) mass is 400 g/mol. The fourth-order valence-electron chi connectivity index (χ4n) is 2.98. The van der Waals surface area contributed by atoms with Crippen molar-refractivity contribution in [3.05, 3.63) is 71.0 Å². The van der Waals surface area contributed by atoms with E-state index >= 15 is 0 Å². The number of carbonyl (C=O) groups is 2. The Balaban J connectivity index is 1.46. The van der Waals surface area contributed by atoms with Crippen LogP contribution < -0.4 is 5.32 Å². The van der Waals surface area contributed by atoms with Crippen LogP contribution in [0.4, 0.5) is 4.39 Å². The zero-order valence-corrected chi connectivity index (χ0v) is 16.4. The molecule has 0 unspecified atom stereocenters. The Labute approximate surface area is 169 Å². The summed E-state index contributed by atoms with van der Waals surface area (Å²) in [5.74, 6) is -1.29. The smallest absolute Gasteiger partial charge is 0.338 e. The van der Waals surface area contributed by atoms with E-state index in [9.17, 15) is 14.0 Å². The van der Waals surface area contributed by atoms with Crippen molar-refractivity contribution >= 4 is 11.9 Å². The number of rotatable bonds is 7. The first-order chi connectivity index (χ1) is 14.0. The Bertz CT molecular complexity index is 818. The molecule has 1 aliphatic heterocycles. The molecule has 1 saturated heterocycles. The predicted molar refractivity (Wildman–Crippen MR) is 106 cm³/mol. The zero-order valence-electron chi connectivity index (χ0n) is 16.4. The van der Waals surface area contributed by atoms with E-state index in [4.69, 9.17) is 9.47 Å². The Morgan fingerprint density at radius 2 is 1.69 bits per heavy atom. The van der Waals surface area contributed by atoms with Gasteiger partial charge in [0, 0.05) is 26.2 Å². The van der Waals surface area contributed by atoms with Crippen molar-refractivity contribution in [3.63, 3.8) is 0 Å². The summed E-state index contributed by atoms with van der Waals surface area (Å²) in [5, 5.41) is 2.68. The molecule has 1 fully saturated rings. The molecule has 1 aliphatic rings. The van der Waals surface area contributed by atoms with E-state index in [-0.39, 0.29) is 12.4 Å². The molecule has 0 spiro atoms. The van der Waals surface area contributed by atoms with Gasteiger partial charge >= 0.3 is 5.97 Å². The lowest BCUT2D eigenvalue weighted by molar-refractivity contribution is -0.129. The molecular weight excluding hydrogens is 375 g/mol. The molecular formula is C22H25FN2O4. The highest BCUT2D eigenvalue weighted by Crippen LogP contribution is 2.11. The van der Waals surface area contributed by atoms with Gasteiger partial charge in [0.2, 0.25) is 0 Å². The molecule has 29 heavy (non-hydrogen) atoms. The van der Waals surface area contributed by atoms with Gasteiger partial charge in [0.1, 0.15) is 5.82 Å². The first-order valence-corrected chi connectivity index (χ1v) is 9.63. The van der Waals surface area contributed by atoms with Gasteiger partial charge in [0.15, 0.2) is 6.10 Å². The van der Waals surface area contributed by atoms with Crippen molar-refractivity contribution in [1.82, 2.24) is 10.2 Å². The minimum Gasteiger partial charge on any atom is -0.449 e. The Morgan fingerprint density at radius 1 is 1.07 bits per heavy atom. The lowest BCUT2D eigenvalue weighted by Gasteiger charge is -2.26. The highest BCUT2D eigenvalue weighted by atomic mass is 19.1. The van der Waals surface area contributed by atoms with E-state index in [1.54, 1.807) is 24.3 Å². The molecule has 1 amide bonds. The molecule has 1 N–H and O–H groups in total. The van der Waals surface area contributed by atoms with Crippen LogP contribution in [0.2, 0.25) is 0 Å². The second kappa shape index (κ2) is 10.1. The minimum absolute atomic E-state index is 0.233. The number of hydrogen-bond acceptors (Lipinski definition) is 5. The topological polar surface area (TPSA) is 67.9 Å². The third-order valence-corrected chi connectivity index (χ3v) is 4.73. The van der Waals surface area contributed by atoms with Gasteiger partial charge in [0.25, 0.3) is 5.91 Å². The van der Waals surface area contributed by atoms with Crippen molar-refractivity contribution < 1.29 is 23.5 Å². The summed E-state index contributed by atoms with van der Waals surface area (Å²) in [5.41, 5.74) is 2.26. The second-order valence-corrected chi connectivity index (χ2v) is 6.98. The van der Waals surface area contributed by atoms with E-state index in [2.05, 4.69) is 10.2 Å². The number of hydrogen-bond donors (Lipinski definition) is 1. The Hall–Kier alpha value is -2.77. The number of morpholine rings is 1. The summed E-state index contributed by atoms with van der Waals surface area (Å²) in [4.78, 5) is 26.7. The first kappa shape index (κ1) is 21.0. The number of halogens is 1. The van der Waals surface area contributed by atoms with Gasteiger partial charge in [0.05, 0.1) is 18.8 Å². The molecule has 1 atom stereocenters. The summed E-state index contributed by atoms with van der Waals surface area (Å²) in [6, 6.07) is 13.0. The molecule has 0 aromatic heterocycles. The van der Waals surface area contributed by atoms with E-state index in [0.717, 1.165) is 44.0 Å². The van der Waals surface area contributed by atoms with Crippen molar-refractivity contribution in [2.45, 2.75) is 26.1 Å². The average molecular weight is 400 g/mol. The largest absolute Gasteiger partial charge is 0.449 e. The Kier molecular flexibility index (Phi) is 7.32. The maximum atomic E-state index is 12.9. The lowest BCUT2D eigenvalue weighted by atomic mass is 10.1. The van der Waals surface area contributed by atoms with Crippen molar-refractivity contribution in [1.29, 1.82) is 0 Å². The van der Waals surface area contributed by atoms with Gasteiger partial charge in [-0.3, -0.25) is 9.69 Å². The van der Waals surface area contributed by atoms with Crippen LogP contribution in [-0.4, -0.2) is 49.2 Å². The lowest BCUT2D eigenvalue weighted by Crippen LogP contribution is -2.35. The van der Waals surface area contributed by atoms with E-state index < -0.39 is 18.0 Å². The van der Waals surface area contributed by atoms with Crippen molar-refractivity contribution in [2.75, 3.05) is 26.3 Å². The van der Waals surface area contributed by atoms with Crippen LogP contribution >= 0.6 is 0 Å². The fourth-order valence-corrected chi connectivity index (χ4v) is 2.98. The molecule has 6 nitrogen and oxygen atoms in total. The SMILES string of the molecule is C[C@@H](OC(=O)c1ccc(CN2CCOCC2)cc1)C(=O)NCc1ccc(F)cc1. The number of benzene rings is 2. The quantitative estimate of drug-likeness (QED) is 0.724. The predicted octanol–water partition coefficient (Wildman–Crippen LogP) is 2.52. The molecule has 0 radical (unpaired) electrons. The van der Waals surface area contributed by atoms with Crippen molar-refractivity contribution in [2.24, 2.45) is 0 Å². The molecule has 2 aromatic rings. The molecule has 2 aromatic carbocycles. The molecule has 3 rings (SSSR count). The average Bonchev–Trinajstić information content (AvgIpc) is 2.74. The summed E-state index contributed by atoms with van der Waals surface area (Å²) in [7, 11) is 0. The fraction of sp³-hybridized carbons (Fsp3) is 0.364. The summed E-state index contributed by atoms with van der Waals surface area (Å²) in [6.45, 7) is 5.84. The third-order valence-electron chi connectivity index (χ3n) is 4.73. The van der Waals surface area contributed by atoms with E-state index in [1.165, 1.54) is 19.1 Å². The number of nitrogens with zero attached hydrogens (tertiary/aromatic N) is 1. The second-order valence-electron chi connectivity index (χ2n) is 6.98. The number of carbonyl (C=O) groups excluding carboxylic acids is 2. The van der Waals surface area contributed by atoms with Gasteiger partial charge in [-0.25, -0.2) is 9.18 Å². The van der Waals surface area contributed by atoms with Crippen LogP contribution in [0.25, 0.3) is 0 Å². The highest BCUT2D eigenvalue weighted by Gasteiger charge is 2.19. The van der Waals surface area contributed by atoms with Crippen LogP contribution in [0.3, 0.4) is 0 Å². The summed E-state index contributed by atoms with van der Waals surface area (Å²) < 4.78 is 23.5. The number of ether oxygens (including phenoxy) is 2. The third kappa shape index (κ3) is 6.37. The van der Waals surface area contributed by atoms with Crippen LogP contribution in [0.1, 0.15) is 28.4 Å². The zero-order chi connectivity index (χ0) is 20.6. The van der Waals surface area contributed by atoms with Crippen LogP contribution in [0.15, 0.2) is 48.5 Å². The minimum atomic E-state index is -0.934. The number of amides is 1. The summed E-state index contributed by atoms with van der Waals surface area (Å²) in [6.07, 6.45) is -0.934. The van der Waals surface area contributed by atoms with Gasteiger partial charge in [-0.15, -0.1) is 0 Å². The standard InChI is InChI=1S/C22H25FN2O4/c1-16(21(26)24-14-17-4-8-20(23)9-5-17)29-22(27)19-6-2-18(3-7-19)15-25-10-12-28-13-11-25/h2-9,16H,10-15H2,1H3,(H,24,26)/t16-/m1/s1. The van der Waals surface area contributed by atoms with Gasteiger partial charge in [-0.1, -0.05) is 24.3 Å². The maximum Gasteiger partial charge on any atom is 0.338 e. The molecule has 1 heterocycles.